The number of alkyl halides is 1. The summed E-state index contributed by atoms with van der Waals surface area (Å²) < 4.78 is 6.70. The van der Waals surface area contributed by atoms with Gasteiger partial charge >= 0.3 is 0 Å². The number of amides is 1. The first-order valence-electron chi connectivity index (χ1n) is 9.09. The summed E-state index contributed by atoms with van der Waals surface area (Å²) in [6.45, 7) is 2.07. The van der Waals surface area contributed by atoms with Crippen molar-refractivity contribution < 1.29 is 9.21 Å². The lowest BCUT2D eigenvalue weighted by Crippen LogP contribution is -2.49. The predicted octanol–water partition coefficient (Wildman–Crippen LogP) is 2.98. The first-order chi connectivity index (χ1) is 14.1. The maximum Gasteiger partial charge on any atom is 0.289 e. The normalized spacial score (nSPS) is 13.1. The van der Waals surface area contributed by atoms with Crippen LogP contribution in [0.15, 0.2) is 51.9 Å². The molecule has 1 aromatic carbocycles. The summed E-state index contributed by atoms with van der Waals surface area (Å²) >= 11 is 4.64. The number of benzene rings is 1. The van der Waals surface area contributed by atoms with E-state index in [9.17, 15) is 14.9 Å². The average molecular weight is 430 g/mol. The minimum atomic E-state index is -0.305. The minimum absolute atomic E-state index is 0. The van der Waals surface area contributed by atoms with E-state index in [1.807, 2.05) is 29.2 Å². The molecule has 4 rings (SSSR count). The Bertz CT molecular complexity index is 1110. The lowest BCUT2D eigenvalue weighted by atomic mass is 10.1. The minimum Gasteiger partial charge on any atom is -0.459 e. The molecule has 1 aliphatic heterocycles. The molecule has 8 nitrogen and oxygen atoms in total. The third kappa shape index (κ3) is 4.03. The van der Waals surface area contributed by atoms with Crippen molar-refractivity contribution >= 4 is 34.1 Å². The van der Waals surface area contributed by atoms with Crippen molar-refractivity contribution in [1.29, 1.82) is 5.26 Å². The Kier molecular flexibility index (Phi) is 7.64. The summed E-state index contributed by atoms with van der Waals surface area (Å²) in [5.41, 5.74) is 1.27. The molecule has 3 N–H and O–H groups in total. The molecular formula is C21H24ClN5O3. The number of para-hydroxylation sites is 1. The largest absolute Gasteiger partial charge is 0.459 e. The Morgan fingerprint density at radius 2 is 1.77 bits per heavy atom. The highest BCUT2D eigenvalue weighted by Crippen LogP contribution is 2.29. The molecular weight excluding hydrogens is 406 g/mol. The van der Waals surface area contributed by atoms with Gasteiger partial charge in [-0.2, -0.15) is 5.26 Å². The highest BCUT2D eigenvalue weighted by Gasteiger charge is 2.27. The van der Waals surface area contributed by atoms with Crippen LogP contribution in [0.1, 0.15) is 16.1 Å². The van der Waals surface area contributed by atoms with E-state index in [1.54, 1.807) is 24.1 Å². The first-order valence-corrected chi connectivity index (χ1v) is 9.84. The number of carbonyl (C=O) groups excluding carboxylic acids is 1. The Morgan fingerprint density at radius 3 is 2.37 bits per heavy atom. The Hall–Kier alpha value is -3.28. The van der Waals surface area contributed by atoms with Crippen molar-refractivity contribution in [3.8, 4) is 6.07 Å². The number of nitriles is 1. The zero-order chi connectivity index (χ0) is 21.0. The number of anilines is 1. The molecule has 0 bridgehead atoms. The number of rotatable bonds is 2. The summed E-state index contributed by atoms with van der Waals surface area (Å²) in [6.07, 6.45) is 2.95. The monoisotopic (exact) mass is 429 g/mol. The molecule has 1 saturated heterocycles. The van der Waals surface area contributed by atoms with Crippen LogP contribution < -0.4 is 16.6 Å². The lowest BCUT2D eigenvalue weighted by Gasteiger charge is -2.36. The summed E-state index contributed by atoms with van der Waals surface area (Å²) in [5, 5.41) is 10.5. The number of pyridine rings is 1. The maximum absolute atomic E-state index is 12.6. The van der Waals surface area contributed by atoms with E-state index in [4.69, 9.17) is 4.42 Å². The van der Waals surface area contributed by atoms with Crippen LogP contribution >= 0.6 is 11.6 Å². The highest BCUT2D eigenvalue weighted by atomic mass is 35.5. The second kappa shape index (κ2) is 9.96. The molecule has 0 unspecified atom stereocenters. The molecule has 1 fully saturated rings. The summed E-state index contributed by atoms with van der Waals surface area (Å²) in [6, 6.07) is 13.0. The van der Waals surface area contributed by atoms with E-state index in [1.165, 1.54) is 17.2 Å². The van der Waals surface area contributed by atoms with Crippen LogP contribution in [-0.4, -0.2) is 47.9 Å². The van der Waals surface area contributed by atoms with Crippen LogP contribution in [0.3, 0.4) is 0 Å². The van der Waals surface area contributed by atoms with E-state index >= 15 is 0 Å². The molecule has 0 spiro atoms. The van der Waals surface area contributed by atoms with Crippen molar-refractivity contribution in [1.82, 2.24) is 15.6 Å². The van der Waals surface area contributed by atoms with Gasteiger partial charge in [-0.05, 0) is 18.2 Å². The van der Waals surface area contributed by atoms with Crippen molar-refractivity contribution in [2.24, 2.45) is 7.05 Å². The molecule has 0 atom stereocenters. The molecule has 0 aliphatic carbocycles. The number of hydrogen-bond donors (Lipinski definition) is 1. The third-order valence-electron chi connectivity index (χ3n) is 5.00. The number of furan rings is 1. The fourth-order valence-corrected chi connectivity index (χ4v) is 3.60. The highest BCUT2D eigenvalue weighted by molar-refractivity contribution is 6.15. The topological polar surface area (TPSA) is 117 Å². The quantitative estimate of drug-likeness (QED) is 0.625. The molecule has 30 heavy (non-hydrogen) atoms. The predicted molar refractivity (Wildman–Crippen MR) is 118 cm³/mol. The summed E-state index contributed by atoms with van der Waals surface area (Å²) in [4.78, 5) is 28.8. The van der Waals surface area contributed by atoms with Gasteiger partial charge in [0.25, 0.3) is 11.5 Å². The van der Waals surface area contributed by atoms with Gasteiger partial charge in [0.2, 0.25) is 0 Å². The van der Waals surface area contributed by atoms with E-state index < -0.39 is 0 Å². The third-order valence-corrected chi connectivity index (χ3v) is 5.00. The van der Waals surface area contributed by atoms with Gasteiger partial charge in [-0.3, -0.25) is 9.59 Å². The van der Waals surface area contributed by atoms with Gasteiger partial charge in [0.15, 0.2) is 5.76 Å². The zero-order valence-corrected chi connectivity index (χ0v) is 17.7. The van der Waals surface area contributed by atoms with Crippen molar-refractivity contribution in [3.63, 3.8) is 0 Å². The van der Waals surface area contributed by atoms with Gasteiger partial charge in [-0.25, -0.2) is 0 Å². The number of aromatic nitrogens is 1. The summed E-state index contributed by atoms with van der Waals surface area (Å²) in [7, 11) is 1.68. The number of nitrogens with zero attached hydrogens (tertiary/aromatic N) is 4. The average Bonchev–Trinajstić information content (AvgIpc) is 3.32. The number of hydrogen-bond acceptors (Lipinski definition) is 6. The molecule has 2 aromatic heterocycles. The SMILES string of the molecule is CCl.Cn1c(=O)c(C#N)c(N2CCN(C(=O)c3ccco3)CC2)c2ccccc21.N. The van der Waals surface area contributed by atoms with Crippen LogP contribution in [-0.2, 0) is 7.05 Å². The number of fused-ring (bicyclic) bond motifs is 1. The number of halogens is 1. The fourth-order valence-electron chi connectivity index (χ4n) is 3.60. The van der Waals surface area contributed by atoms with Crippen molar-refractivity contribution in [2.45, 2.75) is 0 Å². The van der Waals surface area contributed by atoms with Crippen molar-refractivity contribution in [2.75, 3.05) is 37.5 Å². The number of carbonyl (C=O) groups is 1. The van der Waals surface area contributed by atoms with Gasteiger partial charge in [0.05, 0.1) is 17.5 Å². The Morgan fingerprint density at radius 1 is 1.10 bits per heavy atom. The standard InChI is InChI=1S/C20H18N4O3.CH3Cl.H3N/c1-22-16-6-3-2-5-14(16)18(15(13-21)19(22)25)23-8-10-24(11-9-23)20(26)17-7-4-12-27-17;1-2;/h2-7,12H,8-11H2,1H3;1H3;1H3. The van der Waals surface area contributed by atoms with E-state index in [-0.39, 0.29) is 23.2 Å². The second-order valence-corrected chi connectivity index (χ2v) is 6.47. The maximum atomic E-state index is 12.6. The molecule has 9 heteroatoms. The number of piperazine rings is 1. The smallest absolute Gasteiger partial charge is 0.289 e. The zero-order valence-electron chi connectivity index (χ0n) is 17.0. The molecule has 0 saturated carbocycles. The van der Waals surface area contributed by atoms with E-state index in [0.717, 1.165) is 10.9 Å². The molecule has 1 aliphatic rings. The van der Waals surface area contributed by atoms with Crippen LogP contribution in [0.25, 0.3) is 10.9 Å². The molecule has 0 radical (unpaired) electrons. The van der Waals surface area contributed by atoms with Gasteiger partial charge < -0.3 is 24.9 Å². The molecule has 3 heterocycles. The van der Waals surface area contributed by atoms with Crippen LogP contribution in [0.5, 0.6) is 0 Å². The van der Waals surface area contributed by atoms with Gasteiger partial charge in [-0.1, -0.05) is 18.2 Å². The second-order valence-electron chi connectivity index (χ2n) is 6.47. The van der Waals surface area contributed by atoms with Crippen LogP contribution in [0, 0.1) is 11.3 Å². The van der Waals surface area contributed by atoms with Gasteiger partial charge in [0, 0.05) is 45.0 Å². The van der Waals surface area contributed by atoms with E-state index in [0.29, 0.717) is 37.6 Å². The molecule has 3 aromatic rings. The summed E-state index contributed by atoms with van der Waals surface area (Å²) in [5.74, 6) is 0.175. The van der Waals surface area contributed by atoms with Crippen LogP contribution in [0.2, 0.25) is 0 Å². The Labute approximate surface area is 179 Å². The first kappa shape index (κ1) is 23.0. The van der Waals surface area contributed by atoms with Gasteiger partial charge in [-0.15, -0.1) is 11.6 Å². The molecule has 1 amide bonds. The van der Waals surface area contributed by atoms with Gasteiger partial charge in [0.1, 0.15) is 11.6 Å². The number of aryl methyl sites for hydroxylation is 1. The lowest BCUT2D eigenvalue weighted by molar-refractivity contribution is 0.0715. The Balaban J connectivity index is 0.00000104. The van der Waals surface area contributed by atoms with Crippen LogP contribution in [0.4, 0.5) is 5.69 Å². The van der Waals surface area contributed by atoms with Crippen molar-refractivity contribution in [3.05, 3.63) is 64.3 Å². The van der Waals surface area contributed by atoms with E-state index in [2.05, 4.69) is 17.7 Å². The fraction of sp³-hybridized carbons (Fsp3) is 0.286. The molecule has 158 valence electrons.